The second kappa shape index (κ2) is 6.96. The first-order valence-corrected chi connectivity index (χ1v) is 9.88. The van der Waals surface area contributed by atoms with Crippen LogP contribution in [0.25, 0.3) is 0 Å². The Labute approximate surface area is 112 Å². The molecule has 1 N–H and O–H groups in total. The highest BCUT2D eigenvalue weighted by Gasteiger charge is 2.22. The van der Waals surface area contributed by atoms with Crippen molar-refractivity contribution < 1.29 is 14.6 Å². The van der Waals surface area contributed by atoms with Gasteiger partial charge >= 0.3 is 5.97 Å². The Kier molecular flexibility index (Phi) is 6.65. The van der Waals surface area contributed by atoms with Crippen LogP contribution in [0.1, 0.15) is 33.6 Å². The molecule has 3 nitrogen and oxygen atoms in total. The number of carbonyl (C=O) groups is 1. The largest absolute Gasteiger partial charge is 0.465 e. The maximum atomic E-state index is 11.5. The molecule has 1 atom stereocenters. The fourth-order valence-electron chi connectivity index (χ4n) is 1.04. The van der Waals surface area contributed by atoms with Gasteiger partial charge in [0.25, 0.3) is 0 Å². The third-order valence-corrected chi connectivity index (χ3v) is 3.02. The minimum absolute atomic E-state index is 0.233. The number of ether oxygens (including phenoxy) is 1. The first kappa shape index (κ1) is 17.2. The van der Waals surface area contributed by atoms with E-state index in [0.717, 1.165) is 0 Å². The average molecular weight is 270 g/mol. The molecule has 0 aliphatic carbocycles. The van der Waals surface area contributed by atoms with Gasteiger partial charge in [-0.2, -0.15) is 0 Å². The maximum absolute atomic E-state index is 11.5. The van der Waals surface area contributed by atoms with Gasteiger partial charge in [0, 0.05) is 12.8 Å². The molecule has 0 aromatic rings. The molecule has 0 rings (SSSR count). The zero-order valence-corrected chi connectivity index (χ0v) is 13.5. The lowest BCUT2D eigenvalue weighted by Gasteiger charge is -2.17. The van der Waals surface area contributed by atoms with E-state index in [0.29, 0.717) is 12.8 Å². The van der Waals surface area contributed by atoms with Gasteiger partial charge in [-0.25, -0.2) is 0 Å². The molecule has 0 bridgehead atoms. The summed E-state index contributed by atoms with van der Waals surface area (Å²) in [5.41, 5.74) is 2.71. The summed E-state index contributed by atoms with van der Waals surface area (Å²) in [6.45, 7) is 12.2. The number of aliphatic hydroxyl groups excluding tert-OH is 1. The molecule has 0 saturated heterocycles. The minimum atomic E-state index is -1.36. The minimum Gasteiger partial charge on any atom is -0.465 e. The molecule has 0 aliphatic rings. The van der Waals surface area contributed by atoms with Gasteiger partial charge in [0.05, 0.1) is 18.1 Å². The average Bonchev–Trinajstić information content (AvgIpc) is 2.13. The van der Waals surface area contributed by atoms with Crippen LogP contribution in [0.3, 0.4) is 0 Å². The van der Waals surface area contributed by atoms with Crippen molar-refractivity contribution in [3.8, 4) is 11.5 Å². The quantitative estimate of drug-likeness (QED) is 0.485. The van der Waals surface area contributed by atoms with Crippen LogP contribution in [0.4, 0.5) is 0 Å². The zero-order valence-electron chi connectivity index (χ0n) is 12.5. The van der Waals surface area contributed by atoms with Gasteiger partial charge in [-0.1, -0.05) is 19.6 Å². The molecular formula is C14H26O3Si. The summed E-state index contributed by atoms with van der Waals surface area (Å²) in [6.07, 6.45) is 0.390. The highest BCUT2D eigenvalue weighted by molar-refractivity contribution is 6.83. The lowest BCUT2D eigenvalue weighted by molar-refractivity contribution is -0.153. The van der Waals surface area contributed by atoms with Crippen LogP contribution in [-0.2, 0) is 9.53 Å². The van der Waals surface area contributed by atoms with Crippen molar-refractivity contribution in [2.45, 2.75) is 59.4 Å². The van der Waals surface area contributed by atoms with Gasteiger partial charge in [-0.3, -0.25) is 4.79 Å². The molecule has 0 spiro atoms. The van der Waals surface area contributed by atoms with Crippen LogP contribution in [0.5, 0.6) is 0 Å². The van der Waals surface area contributed by atoms with E-state index in [1.54, 1.807) is 0 Å². The monoisotopic (exact) mass is 270 g/mol. The molecule has 0 heterocycles. The smallest absolute Gasteiger partial charge is 0.311 e. The molecule has 1 unspecified atom stereocenters. The van der Waals surface area contributed by atoms with Crippen molar-refractivity contribution in [2.24, 2.45) is 5.41 Å². The number of aliphatic hydroxyl groups is 1. The Morgan fingerprint density at radius 3 is 2.33 bits per heavy atom. The number of carbonyl (C=O) groups excluding carboxylic acids is 1. The van der Waals surface area contributed by atoms with Crippen molar-refractivity contribution in [3.63, 3.8) is 0 Å². The number of hydrogen-bond donors (Lipinski definition) is 1. The Morgan fingerprint density at radius 2 is 1.89 bits per heavy atom. The first-order chi connectivity index (χ1) is 8.02. The van der Waals surface area contributed by atoms with Crippen molar-refractivity contribution in [1.29, 1.82) is 0 Å². The van der Waals surface area contributed by atoms with Crippen LogP contribution < -0.4 is 0 Å². The van der Waals surface area contributed by atoms with Crippen LogP contribution in [0.15, 0.2) is 0 Å². The Bertz CT molecular complexity index is 326. The number of esters is 1. The van der Waals surface area contributed by atoms with E-state index in [1.807, 2.05) is 20.8 Å². The number of rotatable bonds is 4. The first-order valence-electron chi connectivity index (χ1n) is 6.38. The summed E-state index contributed by atoms with van der Waals surface area (Å²) < 4.78 is 5.09. The normalized spacial score (nSPS) is 13.5. The van der Waals surface area contributed by atoms with E-state index in [9.17, 15) is 9.90 Å². The summed E-state index contributed by atoms with van der Waals surface area (Å²) in [7, 11) is -1.36. The van der Waals surface area contributed by atoms with E-state index < -0.39 is 19.6 Å². The van der Waals surface area contributed by atoms with E-state index in [2.05, 4.69) is 31.1 Å². The van der Waals surface area contributed by atoms with E-state index in [1.165, 1.54) is 0 Å². The van der Waals surface area contributed by atoms with Crippen LogP contribution >= 0.6 is 0 Å². The molecule has 0 aromatic heterocycles. The summed E-state index contributed by atoms with van der Waals surface area (Å²) in [5, 5.41) is 9.68. The Hall–Kier alpha value is -0.793. The second-order valence-electron chi connectivity index (χ2n) is 6.58. The predicted molar refractivity (Wildman–Crippen MR) is 76.8 cm³/mol. The van der Waals surface area contributed by atoms with Crippen molar-refractivity contribution in [2.75, 3.05) is 6.61 Å². The van der Waals surface area contributed by atoms with E-state index >= 15 is 0 Å². The van der Waals surface area contributed by atoms with E-state index in [-0.39, 0.29) is 12.6 Å². The molecule has 0 aromatic carbocycles. The van der Waals surface area contributed by atoms with Gasteiger partial charge in [-0.05, 0) is 20.8 Å². The van der Waals surface area contributed by atoms with Gasteiger partial charge in [0.1, 0.15) is 8.07 Å². The van der Waals surface area contributed by atoms with Crippen molar-refractivity contribution in [1.82, 2.24) is 0 Å². The van der Waals surface area contributed by atoms with Gasteiger partial charge in [-0.15, -0.1) is 11.5 Å². The van der Waals surface area contributed by atoms with Crippen molar-refractivity contribution in [3.05, 3.63) is 0 Å². The third kappa shape index (κ3) is 9.26. The maximum Gasteiger partial charge on any atom is 0.311 e. The molecule has 4 heteroatoms. The SMILES string of the molecule is CC(C)(C)C(=O)OCCC(O)CC#C[Si](C)(C)C. The highest BCUT2D eigenvalue weighted by atomic mass is 28.3. The molecule has 18 heavy (non-hydrogen) atoms. The third-order valence-electron chi connectivity index (χ3n) is 2.10. The Balaban J connectivity index is 3.88. The van der Waals surface area contributed by atoms with E-state index in [4.69, 9.17) is 4.74 Å². The molecule has 0 saturated carbocycles. The van der Waals surface area contributed by atoms with Gasteiger partial charge in [0.2, 0.25) is 0 Å². The molecule has 104 valence electrons. The molecule has 0 amide bonds. The molecule has 0 fully saturated rings. The highest BCUT2D eigenvalue weighted by Crippen LogP contribution is 2.15. The molecular weight excluding hydrogens is 244 g/mol. The summed E-state index contributed by atoms with van der Waals surface area (Å²) in [6, 6.07) is 0. The lowest BCUT2D eigenvalue weighted by atomic mass is 9.97. The molecule has 0 radical (unpaired) electrons. The molecule has 0 aliphatic heterocycles. The van der Waals surface area contributed by atoms with Crippen LogP contribution in [0.2, 0.25) is 19.6 Å². The summed E-state index contributed by atoms with van der Waals surface area (Å²) in [5.74, 6) is 2.78. The van der Waals surface area contributed by atoms with Gasteiger partial charge < -0.3 is 9.84 Å². The standard InChI is InChI=1S/C14H26O3Si/c1-14(2,3)13(16)17-10-9-12(15)8-7-11-18(4,5)6/h12,15H,8-10H2,1-6H3. The Morgan fingerprint density at radius 1 is 1.33 bits per heavy atom. The fraction of sp³-hybridized carbons (Fsp3) is 0.786. The zero-order chi connectivity index (χ0) is 14.4. The van der Waals surface area contributed by atoms with Crippen LogP contribution in [-0.4, -0.2) is 31.9 Å². The van der Waals surface area contributed by atoms with Gasteiger partial charge in [0.15, 0.2) is 0 Å². The number of hydrogen-bond acceptors (Lipinski definition) is 3. The van der Waals surface area contributed by atoms with Crippen LogP contribution in [0, 0.1) is 16.9 Å². The second-order valence-corrected chi connectivity index (χ2v) is 11.3. The lowest BCUT2D eigenvalue weighted by Crippen LogP contribution is -2.24. The predicted octanol–water partition coefficient (Wildman–Crippen LogP) is 2.60. The van der Waals surface area contributed by atoms with Crippen molar-refractivity contribution >= 4 is 14.0 Å². The topological polar surface area (TPSA) is 46.5 Å². The summed E-state index contributed by atoms with van der Waals surface area (Å²) in [4.78, 5) is 11.5. The summed E-state index contributed by atoms with van der Waals surface area (Å²) >= 11 is 0. The fourth-order valence-corrected chi connectivity index (χ4v) is 1.67.